The van der Waals surface area contributed by atoms with Crippen molar-refractivity contribution in [3.05, 3.63) is 68.7 Å². The zero-order valence-electron chi connectivity index (χ0n) is 14.4. The molecule has 0 aliphatic rings. The van der Waals surface area contributed by atoms with Gasteiger partial charge in [0.2, 0.25) is 0 Å². The maximum absolute atomic E-state index is 13.3. The summed E-state index contributed by atoms with van der Waals surface area (Å²) in [5, 5.41) is 9.30. The molecule has 0 unspecified atom stereocenters. The number of halogens is 1. The molecule has 3 aromatic rings. The van der Waals surface area contributed by atoms with Crippen molar-refractivity contribution in [1.29, 1.82) is 0 Å². The molecule has 0 aliphatic carbocycles. The molecule has 3 rings (SSSR count). The third-order valence-electron chi connectivity index (χ3n) is 4.03. The van der Waals surface area contributed by atoms with Gasteiger partial charge < -0.3 is 9.67 Å². The molecule has 7 nitrogen and oxygen atoms in total. The summed E-state index contributed by atoms with van der Waals surface area (Å²) in [5.41, 5.74) is 0.379. The first-order valence-electron chi connectivity index (χ1n) is 7.77. The van der Waals surface area contributed by atoms with Crippen LogP contribution in [0.4, 0.5) is 0 Å². The van der Waals surface area contributed by atoms with Gasteiger partial charge in [0.25, 0.3) is 15.6 Å². The number of hydrogen-bond acceptors (Lipinski definition) is 4. The quantitative estimate of drug-likeness (QED) is 0.616. The van der Waals surface area contributed by atoms with Crippen LogP contribution in [0.5, 0.6) is 0 Å². The number of pyridine rings is 1. The van der Waals surface area contributed by atoms with Gasteiger partial charge in [0.15, 0.2) is 0 Å². The number of aromatic nitrogens is 2. The number of benzene rings is 1. The lowest BCUT2D eigenvalue weighted by Gasteiger charge is -2.11. The highest BCUT2D eigenvalue weighted by molar-refractivity contribution is 9.10. The minimum absolute atomic E-state index is 0.00222. The zero-order valence-corrected chi connectivity index (χ0v) is 16.8. The van der Waals surface area contributed by atoms with E-state index in [1.54, 1.807) is 12.1 Å². The van der Waals surface area contributed by atoms with Crippen molar-refractivity contribution < 1.29 is 18.3 Å². The lowest BCUT2D eigenvalue weighted by Crippen LogP contribution is -2.23. The number of aliphatic carboxylic acids is 1. The summed E-state index contributed by atoms with van der Waals surface area (Å²) in [6.45, 7) is 1.83. The van der Waals surface area contributed by atoms with Crippen molar-refractivity contribution in [2.75, 3.05) is 0 Å². The highest BCUT2D eigenvalue weighted by Crippen LogP contribution is 2.29. The fourth-order valence-corrected chi connectivity index (χ4v) is 4.82. The Morgan fingerprint density at radius 1 is 1.22 bits per heavy atom. The molecule has 0 bridgehead atoms. The van der Waals surface area contributed by atoms with Crippen molar-refractivity contribution in [1.82, 2.24) is 8.54 Å². The first-order chi connectivity index (χ1) is 12.6. The summed E-state index contributed by atoms with van der Waals surface area (Å²) in [4.78, 5) is 23.6. The van der Waals surface area contributed by atoms with Crippen LogP contribution in [-0.2, 0) is 21.9 Å². The van der Waals surface area contributed by atoms with Gasteiger partial charge in [0, 0.05) is 29.2 Å². The summed E-state index contributed by atoms with van der Waals surface area (Å²) in [6, 6.07) is 7.66. The molecule has 0 radical (unpaired) electrons. The molecular weight excluding hydrogens is 436 g/mol. The Bertz CT molecular complexity index is 1250. The van der Waals surface area contributed by atoms with Gasteiger partial charge in [0.1, 0.15) is 5.52 Å². The molecule has 9 heteroatoms. The third-order valence-corrected chi connectivity index (χ3v) is 6.40. The first kappa shape index (κ1) is 19.1. The number of carbonyl (C=O) groups is 1. The molecule has 0 atom stereocenters. The van der Waals surface area contributed by atoms with Crippen molar-refractivity contribution in [3.63, 3.8) is 0 Å². The highest BCUT2D eigenvalue weighted by Gasteiger charge is 2.25. The standard InChI is InChI=1S/C18H15BrN2O5S/c1-11-3-6-13(7-4-11)27(25,26)21-12(5-8-16(22)23)9-14-15(19)10-20(2)18(24)17(14)21/h3-10H,1-2H3,(H,22,23). The number of fused-ring (bicyclic) bond motifs is 1. The second-order valence-electron chi connectivity index (χ2n) is 5.98. The van der Waals surface area contributed by atoms with Gasteiger partial charge in [-0.05, 0) is 47.1 Å². The lowest BCUT2D eigenvalue weighted by atomic mass is 10.2. The van der Waals surface area contributed by atoms with E-state index in [0.717, 1.165) is 21.7 Å². The monoisotopic (exact) mass is 450 g/mol. The predicted octanol–water partition coefficient (Wildman–Crippen LogP) is 2.75. The van der Waals surface area contributed by atoms with Crippen molar-refractivity contribution in [3.8, 4) is 0 Å². The zero-order chi connectivity index (χ0) is 19.9. The SMILES string of the molecule is Cc1ccc(S(=O)(=O)n2c(C=CC(=O)O)cc3c(Br)cn(C)c(=O)c32)cc1. The van der Waals surface area contributed by atoms with Crippen molar-refractivity contribution in [2.24, 2.45) is 7.05 Å². The lowest BCUT2D eigenvalue weighted by molar-refractivity contribution is -0.131. The number of aryl methyl sites for hydroxylation is 2. The largest absolute Gasteiger partial charge is 0.478 e. The van der Waals surface area contributed by atoms with Crippen molar-refractivity contribution >= 4 is 48.9 Å². The van der Waals surface area contributed by atoms with E-state index >= 15 is 0 Å². The normalized spacial score (nSPS) is 12.1. The summed E-state index contributed by atoms with van der Waals surface area (Å²) in [5.74, 6) is -1.23. The fourth-order valence-electron chi connectivity index (χ4n) is 2.71. The van der Waals surface area contributed by atoms with Gasteiger partial charge >= 0.3 is 5.97 Å². The van der Waals surface area contributed by atoms with Gasteiger partial charge in [-0.2, -0.15) is 0 Å². The number of hydrogen-bond donors (Lipinski definition) is 1. The third kappa shape index (κ3) is 3.35. The average Bonchev–Trinajstić information content (AvgIpc) is 2.99. The molecular formula is C18H15BrN2O5S. The van der Waals surface area contributed by atoms with Crippen LogP contribution in [-0.4, -0.2) is 28.0 Å². The van der Waals surface area contributed by atoms with Gasteiger partial charge in [-0.3, -0.25) is 4.79 Å². The van der Waals surface area contributed by atoms with Gasteiger partial charge in [-0.15, -0.1) is 0 Å². The van der Waals surface area contributed by atoms with E-state index < -0.39 is 21.6 Å². The van der Waals surface area contributed by atoms with E-state index in [-0.39, 0.29) is 16.1 Å². The number of carboxylic acids is 1. The molecule has 1 N–H and O–H groups in total. The van der Waals surface area contributed by atoms with Crippen LogP contribution in [0.15, 0.2) is 56.8 Å². The first-order valence-corrected chi connectivity index (χ1v) is 10.00. The molecule has 0 aliphatic heterocycles. The van der Waals surface area contributed by atoms with Crippen LogP contribution in [0.3, 0.4) is 0 Å². The van der Waals surface area contributed by atoms with E-state index in [2.05, 4.69) is 15.9 Å². The summed E-state index contributed by atoms with van der Waals surface area (Å²) < 4.78 is 29.2. The van der Waals surface area contributed by atoms with Crippen LogP contribution < -0.4 is 5.56 Å². The van der Waals surface area contributed by atoms with E-state index in [0.29, 0.717) is 9.86 Å². The van der Waals surface area contributed by atoms with Crippen molar-refractivity contribution in [2.45, 2.75) is 11.8 Å². The molecule has 2 aromatic heterocycles. The molecule has 0 fully saturated rings. The Labute approximate surface area is 163 Å². The topological polar surface area (TPSA) is 98.4 Å². The summed E-state index contributed by atoms with van der Waals surface area (Å²) in [6.07, 6.45) is 3.51. The van der Waals surface area contributed by atoms with E-state index in [9.17, 15) is 18.0 Å². The summed E-state index contributed by atoms with van der Waals surface area (Å²) in [7, 11) is -2.63. The molecule has 27 heavy (non-hydrogen) atoms. The smallest absolute Gasteiger partial charge is 0.328 e. The Morgan fingerprint density at radius 3 is 2.44 bits per heavy atom. The molecule has 0 saturated carbocycles. The Hall–Kier alpha value is -2.65. The van der Waals surface area contributed by atoms with Crippen LogP contribution in [0, 0.1) is 6.92 Å². The molecule has 1 aromatic carbocycles. The van der Waals surface area contributed by atoms with Crippen LogP contribution in [0.25, 0.3) is 17.0 Å². The predicted molar refractivity (Wildman–Crippen MR) is 105 cm³/mol. The Morgan fingerprint density at radius 2 is 1.85 bits per heavy atom. The van der Waals surface area contributed by atoms with E-state index in [4.69, 9.17) is 5.11 Å². The minimum atomic E-state index is -4.14. The minimum Gasteiger partial charge on any atom is -0.478 e. The van der Waals surface area contributed by atoms with E-state index in [1.807, 2.05) is 6.92 Å². The Kier molecular flexibility index (Phi) is 4.83. The molecule has 0 amide bonds. The summed E-state index contributed by atoms with van der Waals surface area (Å²) >= 11 is 3.33. The number of rotatable bonds is 4. The fraction of sp³-hybridized carbons (Fsp3) is 0.111. The number of carboxylic acid groups (broad SMARTS) is 1. The van der Waals surface area contributed by atoms with Crippen LogP contribution in [0.2, 0.25) is 0 Å². The van der Waals surface area contributed by atoms with Crippen LogP contribution >= 0.6 is 15.9 Å². The molecule has 140 valence electrons. The Balaban J connectivity index is 2.45. The maximum Gasteiger partial charge on any atom is 0.328 e. The maximum atomic E-state index is 13.3. The van der Waals surface area contributed by atoms with Gasteiger partial charge in [-0.25, -0.2) is 17.2 Å². The van der Waals surface area contributed by atoms with E-state index in [1.165, 1.54) is 36.0 Å². The second kappa shape index (κ2) is 6.82. The molecule has 2 heterocycles. The molecule has 0 saturated heterocycles. The van der Waals surface area contributed by atoms with Gasteiger partial charge in [-0.1, -0.05) is 17.7 Å². The highest BCUT2D eigenvalue weighted by atomic mass is 79.9. The second-order valence-corrected chi connectivity index (χ2v) is 8.62. The van der Waals surface area contributed by atoms with Gasteiger partial charge in [0.05, 0.1) is 10.6 Å². The molecule has 0 spiro atoms. The van der Waals surface area contributed by atoms with Crippen LogP contribution in [0.1, 0.15) is 11.3 Å². The number of nitrogens with zero attached hydrogens (tertiary/aromatic N) is 2. The average molecular weight is 451 g/mol.